The molecule has 2 heterocycles. The van der Waals surface area contributed by atoms with Gasteiger partial charge in [0.15, 0.2) is 0 Å². The van der Waals surface area contributed by atoms with Crippen molar-refractivity contribution in [3.8, 4) is 0 Å². The van der Waals surface area contributed by atoms with Gasteiger partial charge < -0.3 is 9.80 Å². The minimum absolute atomic E-state index is 0.602. The number of aromatic nitrogens is 2. The van der Waals surface area contributed by atoms with Crippen LogP contribution in [0.15, 0.2) is 30.3 Å². The molecule has 0 saturated carbocycles. The van der Waals surface area contributed by atoms with Gasteiger partial charge in [-0.25, -0.2) is 4.98 Å². The largest absolute Gasteiger partial charge is 0.353 e. The number of benzene rings is 1. The number of rotatable bonds is 5. The third-order valence-electron chi connectivity index (χ3n) is 5.09. The first-order valence-corrected chi connectivity index (χ1v) is 9.59. The summed E-state index contributed by atoms with van der Waals surface area (Å²) >= 11 is 0. The molecule has 1 saturated heterocycles. The van der Waals surface area contributed by atoms with Gasteiger partial charge in [-0.15, -0.1) is 0 Å². The Balaban J connectivity index is 1.97. The summed E-state index contributed by atoms with van der Waals surface area (Å²) in [5.74, 6) is 1.89. The van der Waals surface area contributed by atoms with Crippen LogP contribution in [0.25, 0.3) is 0 Å². The molecule has 1 atom stereocenters. The lowest BCUT2D eigenvalue weighted by Crippen LogP contribution is -2.40. The zero-order valence-electron chi connectivity index (χ0n) is 16.0. The van der Waals surface area contributed by atoms with Gasteiger partial charge in [-0.05, 0) is 64.2 Å². The van der Waals surface area contributed by atoms with E-state index in [9.17, 15) is 0 Å². The maximum absolute atomic E-state index is 4.97. The first kappa shape index (κ1) is 17.7. The first-order valence-electron chi connectivity index (χ1n) is 9.59. The smallest absolute Gasteiger partial charge is 0.232 e. The predicted octanol–water partition coefficient (Wildman–Crippen LogP) is 5.02. The molecule has 0 bridgehead atoms. The van der Waals surface area contributed by atoms with Crippen LogP contribution in [0.4, 0.5) is 17.5 Å². The monoisotopic (exact) mass is 338 g/mol. The van der Waals surface area contributed by atoms with Crippen molar-refractivity contribution in [2.75, 3.05) is 22.9 Å². The number of aryl methyl sites for hydroxylation is 2. The second-order valence-corrected chi connectivity index (χ2v) is 7.00. The molecule has 1 aliphatic rings. The molecule has 25 heavy (non-hydrogen) atoms. The van der Waals surface area contributed by atoms with Crippen molar-refractivity contribution in [1.82, 2.24) is 9.97 Å². The van der Waals surface area contributed by atoms with E-state index in [1.54, 1.807) is 0 Å². The van der Waals surface area contributed by atoms with Crippen molar-refractivity contribution in [2.45, 2.75) is 59.4 Å². The van der Waals surface area contributed by atoms with Crippen molar-refractivity contribution < 1.29 is 0 Å². The Hall–Kier alpha value is -2.10. The van der Waals surface area contributed by atoms with Crippen LogP contribution in [0.2, 0.25) is 0 Å². The van der Waals surface area contributed by atoms with Crippen LogP contribution >= 0.6 is 0 Å². The number of piperidine rings is 1. The van der Waals surface area contributed by atoms with Crippen LogP contribution in [0.3, 0.4) is 0 Å². The van der Waals surface area contributed by atoms with Gasteiger partial charge in [-0.2, -0.15) is 4.98 Å². The van der Waals surface area contributed by atoms with Crippen molar-refractivity contribution in [3.05, 3.63) is 41.6 Å². The van der Waals surface area contributed by atoms with E-state index in [-0.39, 0.29) is 0 Å². The first-order chi connectivity index (χ1) is 12.1. The maximum atomic E-state index is 4.97. The van der Waals surface area contributed by atoms with Gasteiger partial charge >= 0.3 is 0 Å². The molecule has 2 aromatic rings. The SMILES string of the molecule is CCC1CCCCN1c1cc(C)nc(N(CC)c2cccc(C)c2)n1. The summed E-state index contributed by atoms with van der Waals surface area (Å²) in [4.78, 5) is 14.4. The van der Waals surface area contributed by atoms with Crippen molar-refractivity contribution >= 4 is 17.5 Å². The van der Waals surface area contributed by atoms with Gasteiger partial charge in [-0.3, -0.25) is 0 Å². The molecule has 1 aromatic carbocycles. The zero-order valence-corrected chi connectivity index (χ0v) is 16.0. The number of hydrogen-bond acceptors (Lipinski definition) is 4. The predicted molar refractivity (Wildman–Crippen MR) is 106 cm³/mol. The Morgan fingerprint density at radius 3 is 2.68 bits per heavy atom. The van der Waals surface area contributed by atoms with Crippen LogP contribution in [0.1, 0.15) is 50.8 Å². The van der Waals surface area contributed by atoms with E-state index in [2.05, 4.69) is 67.8 Å². The molecule has 3 rings (SSSR count). The summed E-state index contributed by atoms with van der Waals surface area (Å²) in [5, 5.41) is 0. The summed E-state index contributed by atoms with van der Waals surface area (Å²) in [7, 11) is 0. The number of hydrogen-bond donors (Lipinski definition) is 0. The minimum Gasteiger partial charge on any atom is -0.353 e. The number of nitrogens with zero attached hydrogens (tertiary/aromatic N) is 4. The molecular weight excluding hydrogens is 308 g/mol. The van der Waals surface area contributed by atoms with E-state index in [4.69, 9.17) is 9.97 Å². The molecule has 0 amide bonds. The minimum atomic E-state index is 0.602. The average Bonchev–Trinajstić information content (AvgIpc) is 2.62. The summed E-state index contributed by atoms with van der Waals surface area (Å²) in [6.45, 7) is 10.6. The van der Waals surface area contributed by atoms with Gasteiger partial charge in [0.25, 0.3) is 0 Å². The fourth-order valence-corrected chi connectivity index (χ4v) is 3.77. The molecule has 1 unspecified atom stereocenters. The van der Waals surface area contributed by atoms with Gasteiger partial charge in [0.1, 0.15) is 5.82 Å². The topological polar surface area (TPSA) is 32.3 Å². The zero-order chi connectivity index (χ0) is 17.8. The third-order valence-corrected chi connectivity index (χ3v) is 5.09. The van der Waals surface area contributed by atoms with E-state index in [1.807, 2.05) is 0 Å². The second kappa shape index (κ2) is 7.85. The Morgan fingerprint density at radius 2 is 1.96 bits per heavy atom. The van der Waals surface area contributed by atoms with Crippen LogP contribution in [-0.4, -0.2) is 29.1 Å². The lowest BCUT2D eigenvalue weighted by molar-refractivity contribution is 0.446. The molecule has 0 aliphatic carbocycles. The highest BCUT2D eigenvalue weighted by molar-refractivity contribution is 5.60. The number of anilines is 3. The molecule has 1 aliphatic heterocycles. The van der Waals surface area contributed by atoms with E-state index in [1.165, 1.54) is 31.2 Å². The van der Waals surface area contributed by atoms with Crippen LogP contribution in [0, 0.1) is 13.8 Å². The highest BCUT2D eigenvalue weighted by Gasteiger charge is 2.23. The van der Waals surface area contributed by atoms with E-state index in [0.29, 0.717) is 6.04 Å². The van der Waals surface area contributed by atoms with Gasteiger partial charge in [0.2, 0.25) is 5.95 Å². The molecule has 4 heteroatoms. The van der Waals surface area contributed by atoms with Crippen molar-refractivity contribution in [2.24, 2.45) is 0 Å². The van der Waals surface area contributed by atoms with Crippen LogP contribution < -0.4 is 9.80 Å². The molecule has 0 N–H and O–H groups in total. The summed E-state index contributed by atoms with van der Waals surface area (Å²) in [5.41, 5.74) is 3.45. The summed E-state index contributed by atoms with van der Waals surface area (Å²) in [6, 6.07) is 11.3. The van der Waals surface area contributed by atoms with E-state index >= 15 is 0 Å². The fourth-order valence-electron chi connectivity index (χ4n) is 3.77. The van der Waals surface area contributed by atoms with E-state index < -0.39 is 0 Å². The van der Waals surface area contributed by atoms with Crippen LogP contribution in [-0.2, 0) is 0 Å². The average molecular weight is 338 g/mol. The van der Waals surface area contributed by atoms with Crippen LogP contribution in [0.5, 0.6) is 0 Å². The normalized spacial score (nSPS) is 17.6. The highest BCUT2D eigenvalue weighted by Crippen LogP contribution is 2.29. The highest BCUT2D eigenvalue weighted by atomic mass is 15.3. The molecular formula is C21H30N4. The molecule has 134 valence electrons. The molecule has 0 spiro atoms. The van der Waals surface area contributed by atoms with Gasteiger partial charge in [0.05, 0.1) is 0 Å². The van der Waals surface area contributed by atoms with Crippen molar-refractivity contribution in [3.63, 3.8) is 0 Å². The summed E-state index contributed by atoms with van der Waals surface area (Å²) < 4.78 is 0. The molecule has 0 radical (unpaired) electrons. The quantitative estimate of drug-likeness (QED) is 0.766. The Morgan fingerprint density at radius 1 is 1.12 bits per heavy atom. The van der Waals surface area contributed by atoms with Crippen molar-refractivity contribution in [1.29, 1.82) is 0 Å². The Kier molecular flexibility index (Phi) is 5.57. The van der Waals surface area contributed by atoms with E-state index in [0.717, 1.165) is 36.2 Å². The lowest BCUT2D eigenvalue weighted by Gasteiger charge is -2.36. The summed E-state index contributed by atoms with van der Waals surface area (Å²) in [6.07, 6.45) is 5.03. The third kappa shape index (κ3) is 3.94. The standard InChI is InChI=1S/C21H30N4/c1-5-18-11-7-8-13-25(18)20-15-17(4)22-21(23-20)24(6-2)19-12-9-10-16(3)14-19/h9-10,12,14-15,18H,5-8,11,13H2,1-4H3. The lowest BCUT2D eigenvalue weighted by atomic mass is 10.00. The Labute approximate surface area is 151 Å². The van der Waals surface area contributed by atoms with Gasteiger partial charge in [-0.1, -0.05) is 19.1 Å². The van der Waals surface area contributed by atoms with Gasteiger partial charge in [0, 0.05) is 36.6 Å². The molecule has 1 fully saturated rings. The molecule has 4 nitrogen and oxygen atoms in total. The maximum Gasteiger partial charge on any atom is 0.232 e. The fraction of sp³-hybridized carbons (Fsp3) is 0.524. The Bertz CT molecular complexity index is 713. The molecule has 1 aromatic heterocycles. The second-order valence-electron chi connectivity index (χ2n) is 7.00.